The van der Waals surface area contributed by atoms with Crippen LogP contribution in [0.4, 0.5) is 0 Å². The van der Waals surface area contributed by atoms with Gasteiger partial charge in [0.2, 0.25) is 5.91 Å². The van der Waals surface area contributed by atoms with E-state index in [0.29, 0.717) is 5.56 Å². The number of rotatable bonds is 6. The molecule has 0 saturated heterocycles. The van der Waals surface area contributed by atoms with Crippen molar-refractivity contribution in [1.29, 1.82) is 0 Å². The second kappa shape index (κ2) is 8.03. The first-order chi connectivity index (χ1) is 13.3. The number of aryl methyl sites for hydroxylation is 1. The Balaban J connectivity index is 1.71. The first-order valence-electron chi connectivity index (χ1n) is 8.53. The van der Waals surface area contributed by atoms with Gasteiger partial charge >= 0.3 is 5.69 Å². The van der Waals surface area contributed by atoms with E-state index >= 15 is 0 Å². The third-order valence-corrected chi connectivity index (χ3v) is 5.27. The number of amides is 1. The molecule has 0 spiro atoms. The summed E-state index contributed by atoms with van der Waals surface area (Å²) in [6.45, 7) is -0.108. The minimum Gasteiger partial charge on any atom is -0.387 e. The summed E-state index contributed by atoms with van der Waals surface area (Å²) in [5.41, 5.74) is 0.0953. The number of aliphatic hydroxyl groups excluding tert-OH is 1. The average Bonchev–Trinajstić information content (AvgIpc) is 3.12. The molecule has 0 saturated carbocycles. The Morgan fingerprint density at radius 2 is 1.89 bits per heavy atom. The zero-order valence-corrected chi connectivity index (χ0v) is 16.6. The Labute approximate surface area is 164 Å². The number of benzene rings is 1. The summed E-state index contributed by atoms with van der Waals surface area (Å²) in [6.07, 6.45) is 2.48. The number of nitrogens with one attached hydrogen (secondary N) is 1. The summed E-state index contributed by atoms with van der Waals surface area (Å²) in [7, 11) is 2.89. The Hall–Kier alpha value is -2.85. The van der Waals surface area contributed by atoms with Gasteiger partial charge in [-0.25, -0.2) is 9.78 Å². The number of imidazole rings is 1. The van der Waals surface area contributed by atoms with E-state index < -0.39 is 17.4 Å². The van der Waals surface area contributed by atoms with Crippen LogP contribution in [0.15, 0.2) is 45.1 Å². The Kier molecular flexibility index (Phi) is 5.71. The van der Waals surface area contributed by atoms with Crippen LogP contribution in [0, 0.1) is 0 Å². The van der Waals surface area contributed by atoms with E-state index in [-0.39, 0.29) is 30.2 Å². The summed E-state index contributed by atoms with van der Waals surface area (Å²) in [6, 6.07) is 7.44. The SMILES string of the molecule is CSc1ccc(C(O)CNC(=O)Cn2cnc3c2c(=O)n(C)c(=O)n3C)cc1. The van der Waals surface area contributed by atoms with E-state index in [1.807, 2.05) is 30.5 Å². The molecule has 0 aliphatic rings. The minimum atomic E-state index is -0.840. The fourth-order valence-corrected chi connectivity index (χ4v) is 3.29. The molecule has 0 aliphatic heterocycles. The second-order valence-electron chi connectivity index (χ2n) is 6.34. The van der Waals surface area contributed by atoms with Crippen molar-refractivity contribution >= 4 is 28.8 Å². The van der Waals surface area contributed by atoms with Gasteiger partial charge < -0.3 is 15.0 Å². The lowest BCUT2D eigenvalue weighted by Crippen LogP contribution is -2.38. The van der Waals surface area contributed by atoms with Crippen LogP contribution in [0.1, 0.15) is 11.7 Å². The van der Waals surface area contributed by atoms with Gasteiger partial charge in [0.1, 0.15) is 6.54 Å². The van der Waals surface area contributed by atoms with Crippen LogP contribution in [0.5, 0.6) is 0 Å². The fourth-order valence-electron chi connectivity index (χ4n) is 2.88. The molecule has 148 valence electrons. The number of fused-ring (bicyclic) bond motifs is 1. The van der Waals surface area contributed by atoms with Gasteiger partial charge in [-0.2, -0.15) is 0 Å². The summed E-state index contributed by atoms with van der Waals surface area (Å²) < 4.78 is 3.62. The molecule has 9 nitrogen and oxygen atoms in total. The van der Waals surface area contributed by atoms with Crippen LogP contribution in [0.25, 0.3) is 11.2 Å². The molecule has 0 fully saturated rings. The molecule has 1 amide bonds. The Bertz CT molecular complexity index is 1130. The van der Waals surface area contributed by atoms with Crippen molar-refractivity contribution in [3.8, 4) is 0 Å². The van der Waals surface area contributed by atoms with Gasteiger partial charge in [-0.05, 0) is 24.0 Å². The van der Waals surface area contributed by atoms with E-state index in [2.05, 4.69) is 10.3 Å². The highest BCUT2D eigenvalue weighted by molar-refractivity contribution is 7.98. The molecule has 0 aliphatic carbocycles. The third-order valence-electron chi connectivity index (χ3n) is 4.52. The van der Waals surface area contributed by atoms with Gasteiger partial charge in [0.15, 0.2) is 11.2 Å². The number of hydrogen-bond donors (Lipinski definition) is 2. The van der Waals surface area contributed by atoms with Crippen LogP contribution in [0.2, 0.25) is 0 Å². The maximum Gasteiger partial charge on any atom is 0.332 e. The maximum absolute atomic E-state index is 12.4. The molecule has 1 unspecified atom stereocenters. The van der Waals surface area contributed by atoms with Crippen LogP contribution in [-0.2, 0) is 25.4 Å². The van der Waals surface area contributed by atoms with Crippen molar-refractivity contribution in [1.82, 2.24) is 24.0 Å². The van der Waals surface area contributed by atoms with Crippen LogP contribution in [0.3, 0.4) is 0 Å². The smallest absolute Gasteiger partial charge is 0.332 e. The molecule has 2 aromatic heterocycles. The van der Waals surface area contributed by atoms with E-state index in [1.54, 1.807) is 11.8 Å². The van der Waals surface area contributed by atoms with Crippen molar-refractivity contribution < 1.29 is 9.90 Å². The Morgan fingerprint density at radius 1 is 1.21 bits per heavy atom. The molecule has 1 aromatic carbocycles. The van der Waals surface area contributed by atoms with Gasteiger partial charge in [0, 0.05) is 25.5 Å². The van der Waals surface area contributed by atoms with Crippen LogP contribution < -0.4 is 16.6 Å². The third kappa shape index (κ3) is 3.73. The van der Waals surface area contributed by atoms with Crippen molar-refractivity contribution in [2.75, 3.05) is 12.8 Å². The second-order valence-corrected chi connectivity index (χ2v) is 7.22. The summed E-state index contributed by atoms with van der Waals surface area (Å²) in [5, 5.41) is 12.9. The summed E-state index contributed by atoms with van der Waals surface area (Å²) in [4.78, 5) is 41.8. The largest absolute Gasteiger partial charge is 0.387 e. The number of hydrogen-bond acceptors (Lipinski definition) is 6. The quantitative estimate of drug-likeness (QED) is 0.561. The Morgan fingerprint density at radius 3 is 2.54 bits per heavy atom. The maximum atomic E-state index is 12.4. The van der Waals surface area contributed by atoms with Crippen LogP contribution >= 0.6 is 11.8 Å². The molecule has 0 bridgehead atoms. The van der Waals surface area contributed by atoms with Crippen molar-refractivity contribution in [2.45, 2.75) is 17.5 Å². The molecular weight excluding hydrogens is 382 g/mol. The predicted octanol–water partition coefficient (Wildman–Crippen LogP) is 0.00540. The predicted molar refractivity (Wildman–Crippen MR) is 106 cm³/mol. The normalized spacial score (nSPS) is 12.3. The standard InChI is InChI=1S/C18H21N5O4S/c1-21-16-15(17(26)22(2)18(21)27)23(10-20-16)9-14(25)19-8-13(24)11-4-6-12(28-3)7-5-11/h4-7,10,13,24H,8-9H2,1-3H3,(H,19,25). The minimum absolute atomic E-state index is 0.0422. The molecule has 0 radical (unpaired) electrons. The molecule has 28 heavy (non-hydrogen) atoms. The zero-order valence-electron chi connectivity index (χ0n) is 15.7. The molecule has 3 rings (SSSR count). The molecule has 2 heterocycles. The van der Waals surface area contributed by atoms with E-state index in [4.69, 9.17) is 0 Å². The molecule has 10 heteroatoms. The molecular formula is C18H21N5O4S. The van der Waals surface area contributed by atoms with Gasteiger partial charge in [-0.15, -0.1) is 11.8 Å². The average molecular weight is 403 g/mol. The van der Waals surface area contributed by atoms with Gasteiger partial charge in [0.05, 0.1) is 12.4 Å². The number of thioether (sulfide) groups is 1. The zero-order chi connectivity index (χ0) is 20.4. The first-order valence-corrected chi connectivity index (χ1v) is 9.75. The molecule has 1 atom stereocenters. The summed E-state index contributed by atoms with van der Waals surface area (Å²) in [5.74, 6) is -0.380. The van der Waals surface area contributed by atoms with Gasteiger partial charge in [-0.3, -0.25) is 18.7 Å². The highest BCUT2D eigenvalue weighted by Gasteiger charge is 2.16. The lowest BCUT2D eigenvalue weighted by atomic mass is 10.1. The number of aromatic nitrogens is 4. The highest BCUT2D eigenvalue weighted by Crippen LogP contribution is 2.18. The topological polar surface area (TPSA) is 111 Å². The number of carbonyl (C=O) groups excluding carboxylic acids is 1. The van der Waals surface area contributed by atoms with E-state index in [1.165, 1.54) is 29.6 Å². The van der Waals surface area contributed by atoms with Crippen molar-refractivity contribution in [3.05, 3.63) is 57.0 Å². The fraction of sp³-hybridized carbons (Fsp3) is 0.333. The lowest BCUT2D eigenvalue weighted by Gasteiger charge is -2.13. The van der Waals surface area contributed by atoms with Gasteiger partial charge in [-0.1, -0.05) is 12.1 Å². The first kappa shape index (κ1) is 19.9. The van der Waals surface area contributed by atoms with E-state index in [9.17, 15) is 19.5 Å². The monoisotopic (exact) mass is 403 g/mol. The van der Waals surface area contributed by atoms with Crippen LogP contribution in [-0.4, -0.2) is 42.5 Å². The number of carbonyl (C=O) groups is 1. The number of aliphatic hydroxyl groups is 1. The molecule has 2 N–H and O–H groups in total. The summed E-state index contributed by atoms with van der Waals surface area (Å²) >= 11 is 1.61. The lowest BCUT2D eigenvalue weighted by molar-refractivity contribution is -0.122. The van der Waals surface area contributed by atoms with Crippen molar-refractivity contribution in [3.63, 3.8) is 0 Å². The molecule has 3 aromatic rings. The highest BCUT2D eigenvalue weighted by atomic mass is 32.2. The number of nitrogens with zero attached hydrogens (tertiary/aromatic N) is 4. The van der Waals surface area contributed by atoms with Crippen molar-refractivity contribution in [2.24, 2.45) is 14.1 Å². The van der Waals surface area contributed by atoms with E-state index in [0.717, 1.165) is 9.46 Å². The van der Waals surface area contributed by atoms with Gasteiger partial charge in [0.25, 0.3) is 5.56 Å².